The second-order valence-corrected chi connectivity index (χ2v) is 12.7. The van der Waals surface area contributed by atoms with Gasteiger partial charge in [-0.3, -0.25) is 23.2 Å². The van der Waals surface area contributed by atoms with Crippen LogP contribution < -0.4 is 9.47 Å². The van der Waals surface area contributed by atoms with Crippen LogP contribution in [0.15, 0.2) is 36.5 Å². The molecule has 13 heteroatoms. The first-order valence-electron chi connectivity index (χ1n) is 12.2. The Labute approximate surface area is 229 Å². The highest BCUT2D eigenvalue weighted by Crippen LogP contribution is 2.48. The fourth-order valence-corrected chi connectivity index (χ4v) is 3.88. The van der Waals surface area contributed by atoms with E-state index in [2.05, 4.69) is 10.3 Å². The number of rotatable bonds is 13. The van der Waals surface area contributed by atoms with Crippen molar-refractivity contribution in [3.05, 3.63) is 36.5 Å². The number of hydrogen-bond donors (Lipinski definition) is 0. The molecule has 1 aromatic heterocycles. The molecule has 0 N–H and O–H groups in total. The number of nitrogens with zero attached hydrogens (tertiary/aromatic N) is 3. The lowest BCUT2D eigenvalue weighted by Crippen LogP contribution is -2.25. The van der Waals surface area contributed by atoms with E-state index in [0.717, 1.165) is 5.56 Å². The standard InChI is InChI=1S/C26H38N3O9P/c1-25(2,3)23(30)35-17-37-39(32,38-18-36-24(31)26(4,5)6)12-10-9-11-29-16-22(27-28-29)19-13-20(33-7)15-21(14-19)34-8/h9-10,13-16H,11-12,17-18H2,1-8H3/b10-9+. The molecular formula is C26H38N3O9P. The predicted molar refractivity (Wildman–Crippen MR) is 143 cm³/mol. The lowest BCUT2D eigenvalue weighted by atomic mass is 9.98. The number of benzene rings is 1. The number of ether oxygens (including phenoxy) is 4. The van der Waals surface area contributed by atoms with E-state index >= 15 is 0 Å². The molecule has 0 aliphatic rings. The van der Waals surface area contributed by atoms with Gasteiger partial charge in [0.1, 0.15) is 17.2 Å². The van der Waals surface area contributed by atoms with E-state index in [9.17, 15) is 14.2 Å². The number of methoxy groups -OCH3 is 2. The molecule has 0 amide bonds. The molecule has 0 unspecified atom stereocenters. The third-order valence-electron chi connectivity index (χ3n) is 5.08. The van der Waals surface area contributed by atoms with Crippen LogP contribution in [0.1, 0.15) is 41.5 Å². The minimum Gasteiger partial charge on any atom is -0.497 e. The van der Waals surface area contributed by atoms with E-state index in [1.165, 1.54) is 0 Å². The molecule has 2 rings (SSSR count). The van der Waals surface area contributed by atoms with Crippen LogP contribution >= 0.6 is 7.60 Å². The first-order chi connectivity index (χ1) is 18.2. The smallest absolute Gasteiger partial charge is 0.340 e. The molecule has 0 atom stereocenters. The van der Waals surface area contributed by atoms with Gasteiger partial charge >= 0.3 is 19.5 Å². The van der Waals surface area contributed by atoms with Gasteiger partial charge in [0.25, 0.3) is 0 Å². The molecule has 0 saturated heterocycles. The van der Waals surface area contributed by atoms with Gasteiger partial charge in [0.05, 0.1) is 44.0 Å². The van der Waals surface area contributed by atoms with E-state index in [1.807, 2.05) is 12.1 Å². The number of carbonyl (C=O) groups excluding carboxylic acids is 2. The van der Waals surface area contributed by atoms with E-state index in [0.29, 0.717) is 23.7 Å². The maximum Gasteiger partial charge on any atom is 0.340 e. The summed E-state index contributed by atoms with van der Waals surface area (Å²) in [5.74, 6) is 0.186. The van der Waals surface area contributed by atoms with E-state index < -0.39 is 44.0 Å². The van der Waals surface area contributed by atoms with Crippen LogP contribution in [0.2, 0.25) is 0 Å². The summed E-state index contributed by atoms with van der Waals surface area (Å²) < 4.78 is 46.2. The Morgan fingerprint density at radius 3 is 1.85 bits per heavy atom. The zero-order valence-electron chi connectivity index (χ0n) is 23.8. The second-order valence-electron chi connectivity index (χ2n) is 10.5. The van der Waals surface area contributed by atoms with Crippen LogP contribution in [-0.4, -0.2) is 60.9 Å². The van der Waals surface area contributed by atoms with E-state index in [-0.39, 0.29) is 6.16 Å². The Morgan fingerprint density at radius 1 is 0.872 bits per heavy atom. The third kappa shape index (κ3) is 10.5. The molecular weight excluding hydrogens is 529 g/mol. The summed E-state index contributed by atoms with van der Waals surface area (Å²) in [5.41, 5.74) is -0.145. The number of esters is 2. The molecule has 12 nitrogen and oxygen atoms in total. The quantitative estimate of drug-likeness (QED) is 0.142. The Kier molecular flexibility index (Phi) is 11.3. The molecule has 0 aliphatic heterocycles. The average Bonchev–Trinajstić information content (AvgIpc) is 3.34. The summed E-state index contributed by atoms with van der Waals surface area (Å²) in [6, 6.07) is 5.39. The Hall–Kier alpha value is -3.21. The molecule has 1 heterocycles. The van der Waals surface area contributed by atoms with E-state index in [1.54, 1.807) is 84.9 Å². The highest BCUT2D eigenvalue weighted by Gasteiger charge is 2.29. The normalized spacial score (nSPS) is 12.4. The van der Waals surface area contributed by atoms with Gasteiger partial charge in [-0.25, -0.2) is 4.68 Å². The molecule has 216 valence electrons. The Morgan fingerprint density at radius 2 is 1.38 bits per heavy atom. The number of hydrogen-bond acceptors (Lipinski definition) is 11. The number of carbonyl (C=O) groups is 2. The molecule has 1 aromatic carbocycles. The van der Waals surface area contributed by atoms with Crippen molar-refractivity contribution in [2.45, 2.75) is 48.1 Å². The molecule has 0 aliphatic carbocycles. The van der Waals surface area contributed by atoms with Gasteiger partial charge in [0.2, 0.25) is 13.6 Å². The Bertz CT molecular complexity index is 1140. The van der Waals surface area contributed by atoms with Crippen molar-refractivity contribution in [2.75, 3.05) is 34.0 Å². The van der Waals surface area contributed by atoms with Gasteiger partial charge in [-0.15, -0.1) is 5.10 Å². The fraction of sp³-hybridized carbons (Fsp3) is 0.538. The molecule has 2 aromatic rings. The average molecular weight is 568 g/mol. The summed E-state index contributed by atoms with van der Waals surface area (Å²) in [4.78, 5) is 24.0. The van der Waals surface area contributed by atoms with Crippen LogP contribution in [0.3, 0.4) is 0 Å². The van der Waals surface area contributed by atoms with Crippen LogP contribution in [0.4, 0.5) is 0 Å². The minimum absolute atomic E-state index is 0.165. The molecule has 0 fully saturated rings. The van der Waals surface area contributed by atoms with Gasteiger partial charge in [-0.1, -0.05) is 17.4 Å². The predicted octanol–water partition coefficient (Wildman–Crippen LogP) is 4.84. The van der Waals surface area contributed by atoms with Crippen molar-refractivity contribution >= 4 is 19.5 Å². The maximum absolute atomic E-state index is 13.3. The van der Waals surface area contributed by atoms with Crippen LogP contribution in [0, 0.1) is 10.8 Å². The zero-order valence-corrected chi connectivity index (χ0v) is 24.7. The van der Waals surface area contributed by atoms with Crippen molar-refractivity contribution in [3.63, 3.8) is 0 Å². The molecule has 0 saturated carbocycles. The van der Waals surface area contributed by atoms with Crippen molar-refractivity contribution in [3.8, 4) is 22.8 Å². The Balaban J connectivity index is 2.03. The van der Waals surface area contributed by atoms with Crippen molar-refractivity contribution < 1.29 is 42.1 Å². The first-order valence-corrected chi connectivity index (χ1v) is 13.9. The minimum atomic E-state index is -3.83. The SMILES string of the molecule is COc1cc(OC)cc(-c2cn(C/C=C/CP(=O)(OCOC(=O)C(C)(C)C)OCOC(=O)C(C)(C)C)nn2)c1. The number of aromatic nitrogens is 3. The van der Waals surface area contributed by atoms with E-state index in [4.69, 9.17) is 28.0 Å². The molecule has 0 bridgehead atoms. The van der Waals surface area contributed by atoms with Gasteiger partial charge in [-0.05, 0) is 53.7 Å². The number of allylic oxidation sites excluding steroid dienone is 2. The fourth-order valence-electron chi connectivity index (χ4n) is 2.76. The lowest BCUT2D eigenvalue weighted by molar-refractivity contribution is -0.161. The van der Waals surface area contributed by atoms with Crippen molar-refractivity contribution in [2.24, 2.45) is 10.8 Å². The third-order valence-corrected chi connectivity index (χ3v) is 6.73. The van der Waals surface area contributed by atoms with Gasteiger partial charge in [0.15, 0.2) is 0 Å². The summed E-state index contributed by atoms with van der Waals surface area (Å²) in [5, 5.41) is 8.29. The molecule has 0 radical (unpaired) electrons. The maximum atomic E-state index is 13.3. The lowest BCUT2D eigenvalue weighted by Gasteiger charge is -2.21. The van der Waals surface area contributed by atoms with Gasteiger partial charge in [-0.2, -0.15) is 0 Å². The highest BCUT2D eigenvalue weighted by molar-refractivity contribution is 7.54. The van der Waals surface area contributed by atoms with Crippen molar-refractivity contribution in [1.82, 2.24) is 15.0 Å². The van der Waals surface area contributed by atoms with Crippen LogP contribution in [-0.2, 0) is 39.2 Å². The monoisotopic (exact) mass is 567 g/mol. The second kappa shape index (κ2) is 13.7. The molecule has 39 heavy (non-hydrogen) atoms. The van der Waals surface area contributed by atoms with Gasteiger partial charge < -0.3 is 18.9 Å². The van der Waals surface area contributed by atoms with Gasteiger partial charge in [0, 0.05) is 11.6 Å². The summed E-state index contributed by atoms with van der Waals surface area (Å²) in [6.07, 6.45) is 4.85. The summed E-state index contributed by atoms with van der Waals surface area (Å²) >= 11 is 0. The van der Waals surface area contributed by atoms with Crippen LogP contribution in [0.5, 0.6) is 11.5 Å². The largest absolute Gasteiger partial charge is 0.497 e. The van der Waals surface area contributed by atoms with Crippen LogP contribution in [0.25, 0.3) is 11.3 Å². The summed E-state index contributed by atoms with van der Waals surface area (Å²) in [7, 11) is -0.703. The topological polar surface area (TPSA) is 137 Å². The zero-order chi connectivity index (χ0) is 29.3. The highest BCUT2D eigenvalue weighted by atomic mass is 31.2. The summed E-state index contributed by atoms with van der Waals surface area (Å²) in [6.45, 7) is 9.24. The first kappa shape index (κ1) is 32.0. The molecule has 0 spiro atoms. The van der Waals surface area contributed by atoms with Crippen molar-refractivity contribution in [1.29, 1.82) is 0 Å².